The summed E-state index contributed by atoms with van der Waals surface area (Å²) in [5, 5.41) is 0. The summed E-state index contributed by atoms with van der Waals surface area (Å²) in [6.07, 6.45) is 4.13. The molecule has 1 atom stereocenters. The summed E-state index contributed by atoms with van der Waals surface area (Å²) in [4.78, 5) is 14.8. The van der Waals surface area contributed by atoms with Crippen molar-refractivity contribution in [2.75, 3.05) is 13.1 Å². The number of ether oxygens (including phenoxy) is 1. The number of ketones is 1. The van der Waals surface area contributed by atoms with Crippen LogP contribution in [0.4, 0.5) is 0 Å². The third-order valence-corrected chi connectivity index (χ3v) is 4.96. The van der Waals surface area contributed by atoms with Crippen molar-refractivity contribution in [1.29, 1.82) is 0 Å². The first-order valence-electron chi connectivity index (χ1n) is 6.91. The normalized spacial score (nSPS) is 30.5. The molecule has 4 rings (SSSR count). The number of hydrogen-bond donors (Lipinski definition) is 0. The van der Waals surface area contributed by atoms with Gasteiger partial charge in [-0.1, -0.05) is 15.9 Å². The van der Waals surface area contributed by atoms with E-state index in [4.69, 9.17) is 4.74 Å². The molecule has 1 aromatic carbocycles. The van der Waals surface area contributed by atoms with Crippen molar-refractivity contribution in [3.63, 3.8) is 0 Å². The van der Waals surface area contributed by atoms with Gasteiger partial charge in [-0.25, -0.2) is 0 Å². The van der Waals surface area contributed by atoms with Crippen molar-refractivity contribution < 1.29 is 9.53 Å². The van der Waals surface area contributed by atoms with Crippen molar-refractivity contribution in [3.05, 3.63) is 28.2 Å². The van der Waals surface area contributed by atoms with Gasteiger partial charge in [0, 0.05) is 30.0 Å². The lowest BCUT2D eigenvalue weighted by Crippen LogP contribution is -2.44. The van der Waals surface area contributed by atoms with E-state index in [-0.39, 0.29) is 11.4 Å². The van der Waals surface area contributed by atoms with Gasteiger partial charge in [-0.3, -0.25) is 9.69 Å². The fourth-order valence-electron chi connectivity index (χ4n) is 3.32. The van der Waals surface area contributed by atoms with Crippen LogP contribution in [0.2, 0.25) is 0 Å². The monoisotopic (exact) mass is 321 g/mol. The number of rotatable bonds is 1. The summed E-state index contributed by atoms with van der Waals surface area (Å²) in [6.45, 7) is 1.98. The number of fused-ring (bicyclic) bond motifs is 1. The molecule has 2 heterocycles. The van der Waals surface area contributed by atoms with E-state index in [9.17, 15) is 4.79 Å². The topological polar surface area (TPSA) is 29.5 Å². The van der Waals surface area contributed by atoms with Crippen molar-refractivity contribution in [2.45, 2.75) is 37.3 Å². The summed E-state index contributed by atoms with van der Waals surface area (Å²) in [7, 11) is 0. The molecule has 1 saturated carbocycles. The molecule has 0 N–H and O–H groups in total. The number of Topliss-reactive ketones (excluding diaryl/α,β-unsaturated/α-hetero) is 1. The minimum absolute atomic E-state index is 0.228. The summed E-state index contributed by atoms with van der Waals surface area (Å²) < 4.78 is 7.21. The molecule has 1 unspecified atom stereocenters. The Hall–Kier alpha value is -0.870. The van der Waals surface area contributed by atoms with Crippen LogP contribution in [-0.2, 0) is 0 Å². The van der Waals surface area contributed by atoms with E-state index in [2.05, 4.69) is 20.8 Å². The number of carbonyl (C=O) groups excluding carboxylic acids is 1. The van der Waals surface area contributed by atoms with Gasteiger partial charge < -0.3 is 4.74 Å². The van der Waals surface area contributed by atoms with E-state index in [0.717, 1.165) is 41.3 Å². The average Bonchev–Trinajstić information content (AvgIpc) is 3.13. The minimum atomic E-state index is -0.270. The maximum Gasteiger partial charge on any atom is 0.170 e. The summed E-state index contributed by atoms with van der Waals surface area (Å²) in [5.41, 5.74) is 0.465. The van der Waals surface area contributed by atoms with Gasteiger partial charge in [0.05, 0.1) is 12.0 Å². The Bertz CT molecular complexity index is 555. The van der Waals surface area contributed by atoms with Gasteiger partial charge >= 0.3 is 0 Å². The molecule has 3 aliphatic rings. The predicted octanol–water partition coefficient (Wildman–Crippen LogP) is 3.02. The number of nitrogens with zero attached hydrogens (tertiary/aromatic N) is 1. The van der Waals surface area contributed by atoms with Gasteiger partial charge in [-0.05, 0) is 31.0 Å². The van der Waals surface area contributed by atoms with Crippen LogP contribution in [-0.4, -0.2) is 35.4 Å². The predicted molar refractivity (Wildman–Crippen MR) is 75.7 cm³/mol. The quantitative estimate of drug-likeness (QED) is 0.796. The molecule has 1 aliphatic carbocycles. The second-order valence-electron chi connectivity index (χ2n) is 5.98. The standard InChI is InChI=1S/C15H16BrNO2/c16-10-1-4-12-13(18)8-15(19-14(12)7-10)5-6-17(9-15)11-2-3-11/h1,4,7,11H,2-3,5-6,8-9H2. The summed E-state index contributed by atoms with van der Waals surface area (Å²) >= 11 is 3.45. The zero-order valence-corrected chi connectivity index (χ0v) is 12.3. The molecular formula is C15H16BrNO2. The lowest BCUT2D eigenvalue weighted by molar-refractivity contribution is 0.0454. The van der Waals surface area contributed by atoms with E-state index in [1.807, 2.05) is 18.2 Å². The van der Waals surface area contributed by atoms with Gasteiger partial charge in [-0.15, -0.1) is 0 Å². The van der Waals surface area contributed by atoms with Crippen LogP contribution in [0.1, 0.15) is 36.0 Å². The molecule has 0 radical (unpaired) electrons. The first-order valence-corrected chi connectivity index (χ1v) is 7.70. The third kappa shape index (κ3) is 2.01. The van der Waals surface area contributed by atoms with E-state index >= 15 is 0 Å². The van der Waals surface area contributed by atoms with Crippen LogP contribution in [0.25, 0.3) is 0 Å². The Morgan fingerprint density at radius 2 is 2.21 bits per heavy atom. The molecule has 1 aromatic rings. The highest BCUT2D eigenvalue weighted by atomic mass is 79.9. The lowest BCUT2D eigenvalue weighted by atomic mass is 9.89. The fourth-order valence-corrected chi connectivity index (χ4v) is 3.66. The van der Waals surface area contributed by atoms with E-state index in [0.29, 0.717) is 6.42 Å². The number of halogens is 1. The molecule has 4 heteroatoms. The molecule has 3 nitrogen and oxygen atoms in total. The van der Waals surface area contributed by atoms with Gasteiger partial charge in [-0.2, -0.15) is 0 Å². The van der Waals surface area contributed by atoms with Gasteiger partial charge in [0.25, 0.3) is 0 Å². The number of likely N-dealkylation sites (tertiary alicyclic amines) is 1. The molecular weight excluding hydrogens is 306 g/mol. The largest absolute Gasteiger partial charge is 0.485 e. The zero-order chi connectivity index (χ0) is 13.0. The Kier molecular flexibility index (Phi) is 2.55. The highest BCUT2D eigenvalue weighted by Crippen LogP contribution is 2.42. The fraction of sp³-hybridized carbons (Fsp3) is 0.533. The van der Waals surface area contributed by atoms with Crippen LogP contribution < -0.4 is 4.74 Å². The van der Waals surface area contributed by atoms with Crippen molar-refractivity contribution >= 4 is 21.7 Å². The molecule has 19 heavy (non-hydrogen) atoms. The molecule has 0 amide bonds. The van der Waals surface area contributed by atoms with Gasteiger partial charge in [0.1, 0.15) is 11.4 Å². The van der Waals surface area contributed by atoms with Crippen LogP contribution in [0.5, 0.6) is 5.75 Å². The van der Waals surface area contributed by atoms with Crippen LogP contribution >= 0.6 is 15.9 Å². The summed E-state index contributed by atoms with van der Waals surface area (Å²) in [6, 6.07) is 6.45. The maximum atomic E-state index is 12.3. The first-order chi connectivity index (χ1) is 9.15. The SMILES string of the molecule is O=C1CC2(CCN(C3CC3)C2)Oc2cc(Br)ccc21. The van der Waals surface area contributed by atoms with Crippen LogP contribution in [0.15, 0.2) is 22.7 Å². The Morgan fingerprint density at radius 3 is 3.00 bits per heavy atom. The minimum Gasteiger partial charge on any atom is -0.485 e. The van der Waals surface area contributed by atoms with Crippen molar-refractivity contribution in [3.8, 4) is 5.75 Å². The average molecular weight is 322 g/mol. The summed E-state index contributed by atoms with van der Waals surface area (Å²) in [5.74, 6) is 0.981. The first kappa shape index (κ1) is 11.9. The van der Waals surface area contributed by atoms with E-state index in [1.54, 1.807) is 0 Å². The number of benzene rings is 1. The maximum absolute atomic E-state index is 12.3. The molecule has 0 aromatic heterocycles. The molecule has 100 valence electrons. The Balaban J connectivity index is 1.65. The third-order valence-electron chi connectivity index (χ3n) is 4.46. The molecule has 2 aliphatic heterocycles. The Labute approximate surface area is 121 Å². The number of hydrogen-bond acceptors (Lipinski definition) is 3. The van der Waals surface area contributed by atoms with Crippen molar-refractivity contribution in [2.24, 2.45) is 0 Å². The highest BCUT2D eigenvalue weighted by Gasteiger charge is 2.48. The number of carbonyl (C=O) groups is 1. The smallest absolute Gasteiger partial charge is 0.170 e. The Morgan fingerprint density at radius 1 is 1.37 bits per heavy atom. The van der Waals surface area contributed by atoms with Gasteiger partial charge in [0.2, 0.25) is 0 Å². The second-order valence-corrected chi connectivity index (χ2v) is 6.89. The van der Waals surface area contributed by atoms with E-state index < -0.39 is 0 Å². The zero-order valence-electron chi connectivity index (χ0n) is 10.7. The molecule has 2 fully saturated rings. The molecule has 1 saturated heterocycles. The molecule has 0 bridgehead atoms. The van der Waals surface area contributed by atoms with Crippen LogP contribution in [0, 0.1) is 0 Å². The lowest BCUT2D eigenvalue weighted by Gasteiger charge is -2.35. The van der Waals surface area contributed by atoms with Crippen LogP contribution in [0.3, 0.4) is 0 Å². The van der Waals surface area contributed by atoms with E-state index in [1.165, 1.54) is 12.8 Å². The van der Waals surface area contributed by atoms with Gasteiger partial charge in [0.15, 0.2) is 5.78 Å². The van der Waals surface area contributed by atoms with Crippen molar-refractivity contribution in [1.82, 2.24) is 4.90 Å². The highest BCUT2D eigenvalue weighted by molar-refractivity contribution is 9.10. The second kappa shape index (κ2) is 4.06. The molecule has 1 spiro atoms.